The van der Waals surface area contributed by atoms with Crippen LogP contribution in [-0.4, -0.2) is 17.4 Å². The highest BCUT2D eigenvalue weighted by Crippen LogP contribution is 2.28. The molecule has 0 N–H and O–H groups in total. The number of thiophene rings is 1. The van der Waals surface area contributed by atoms with Crippen molar-refractivity contribution in [3.8, 4) is 0 Å². The molecule has 0 radical (unpaired) electrons. The molecule has 1 aliphatic heterocycles. The third-order valence-electron chi connectivity index (χ3n) is 2.71. The molecule has 2 heterocycles. The number of hydrogen-bond donors (Lipinski definition) is 0. The van der Waals surface area contributed by atoms with Crippen molar-refractivity contribution >= 4 is 17.2 Å². The van der Waals surface area contributed by atoms with Crippen molar-refractivity contribution in [3.05, 3.63) is 21.4 Å². The Labute approximate surface area is 88.5 Å². The maximum absolute atomic E-state index is 11.2. The number of carbonyl (C=O) groups excluding carboxylic acids is 1. The van der Waals surface area contributed by atoms with Crippen LogP contribution in [0.25, 0.3) is 0 Å². The van der Waals surface area contributed by atoms with E-state index in [4.69, 9.17) is 0 Å². The van der Waals surface area contributed by atoms with Gasteiger partial charge in [0.05, 0.1) is 0 Å². The first-order chi connectivity index (χ1) is 6.70. The number of nitrogens with zero attached hydrogens (tertiary/aromatic N) is 1. The van der Waals surface area contributed by atoms with E-state index >= 15 is 0 Å². The van der Waals surface area contributed by atoms with Gasteiger partial charge in [-0.05, 0) is 24.5 Å². The molecule has 0 saturated carbocycles. The largest absolute Gasteiger partial charge is 0.338 e. The summed E-state index contributed by atoms with van der Waals surface area (Å²) in [6.45, 7) is 5.55. The van der Waals surface area contributed by atoms with Gasteiger partial charge in [0.15, 0.2) is 0 Å². The average Bonchev–Trinajstić information content (AvgIpc) is 2.58. The fraction of sp³-hybridized carbons (Fsp3) is 0.545. The van der Waals surface area contributed by atoms with E-state index in [1.54, 1.807) is 6.92 Å². The molecule has 2 nitrogen and oxygen atoms in total. The second-order valence-electron chi connectivity index (χ2n) is 3.71. The first kappa shape index (κ1) is 9.71. The van der Waals surface area contributed by atoms with E-state index < -0.39 is 0 Å². The molecule has 1 aromatic heterocycles. The molecule has 0 bridgehead atoms. The third kappa shape index (κ3) is 1.69. The lowest BCUT2D eigenvalue weighted by molar-refractivity contribution is -0.129. The van der Waals surface area contributed by atoms with E-state index in [-0.39, 0.29) is 5.91 Å². The van der Waals surface area contributed by atoms with Crippen LogP contribution in [0.3, 0.4) is 0 Å². The van der Waals surface area contributed by atoms with E-state index in [0.717, 1.165) is 25.9 Å². The van der Waals surface area contributed by atoms with Gasteiger partial charge in [-0.2, -0.15) is 0 Å². The quantitative estimate of drug-likeness (QED) is 0.694. The Morgan fingerprint density at radius 1 is 1.64 bits per heavy atom. The Balaban J connectivity index is 2.21. The van der Waals surface area contributed by atoms with Crippen LogP contribution in [-0.2, 0) is 24.2 Å². The Hall–Kier alpha value is -0.830. The summed E-state index contributed by atoms with van der Waals surface area (Å²) in [5.74, 6) is 0.194. The predicted molar refractivity (Wildman–Crippen MR) is 58.5 cm³/mol. The molecular weight excluding hydrogens is 194 g/mol. The van der Waals surface area contributed by atoms with Crippen LogP contribution in [0.4, 0.5) is 0 Å². The Morgan fingerprint density at radius 3 is 3.07 bits per heavy atom. The normalized spacial score (nSPS) is 15.4. The molecule has 1 aliphatic rings. The van der Waals surface area contributed by atoms with Gasteiger partial charge < -0.3 is 4.90 Å². The minimum Gasteiger partial charge on any atom is -0.338 e. The van der Waals surface area contributed by atoms with Crippen molar-refractivity contribution in [2.45, 2.75) is 33.2 Å². The zero-order valence-corrected chi connectivity index (χ0v) is 9.49. The number of amides is 1. The molecular formula is C11H15NOS. The minimum atomic E-state index is 0.194. The van der Waals surface area contributed by atoms with Crippen molar-refractivity contribution in [2.24, 2.45) is 0 Å². The summed E-state index contributed by atoms with van der Waals surface area (Å²) in [6, 6.07) is 2.26. The van der Waals surface area contributed by atoms with Gasteiger partial charge in [-0.3, -0.25) is 4.79 Å². The van der Waals surface area contributed by atoms with Crippen molar-refractivity contribution in [1.82, 2.24) is 4.90 Å². The smallest absolute Gasteiger partial charge is 0.219 e. The summed E-state index contributed by atoms with van der Waals surface area (Å²) >= 11 is 1.91. The number of hydrogen-bond acceptors (Lipinski definition) is 2. The van der Waals surface area contributed by atoms with E-state index in [1.807, 2.05) is 16.2 Å². The van der Waals surface area contributed by atoms with Gasteiger partial charge in [-0.25, -0.2) is 0 Å². The topological polar surface area (TPSA) is 20.3 Å². The van der Waals surface area contributed by atoms with Gasteiger partial charge in [0, 0.05) is 29.8 Å². The molecule has 76 valence electrons. The predicted octanol–water partition coefficient (Wildman–Crippen LogP) is 2.22. The molecule has 2 rings (SSSR count). The zero-order valence-electron chi connectivity index (χ0n) is 8.67. The highest BCUT2D eigenvalue weighted by molar-refractivity contribution is 7.12. The average molecular weight is 209 g/mol. The van der Waals surface area contributed by atoms with Gasteiger partial charge in [0.25, 0.3) is 0 Å². The van der Waals surface area contributed by atoms with Crippen LogP contribution in [0, 0.1) is 0 Å². The Bertz CT molecular complexity index is 356. The monoisotopic (exact) mass is 209 g/mol. The maximum Gasteiger partial charge on any atom is 0.219 e. The lowest BCUT2D eigenvalue weighted by atomic mass is 10.1. The van der Waals surface area contributed by atoms with Crippen LogP contribution in [0.15, 0.2) is 6.07 Å². The van der Waals surface area contributed by atoms with E-state index in [0.29, 0.717) is 0 Å². The zero-order chi connectivity index (χ0) is 10.1. The highest BCUT2D eigenvalue weighted by Gasteiger charge is 2.19. The summed E-state index contributed by atoms with van der Waals surface area (Å²) in [7, 11) is 0. The van der Waals surface area contributed by atoms with Crippen LogP contribution in [0.2, 0.25) is 0 Å². The van der Waals surface area contributed by atoms with Gasteiger partial charge in [-0.15, -0.1) is 11.3 Å². The fourth-order valence-electron chi connectivity index (χ4n) is 1.84. The second kappa shape index (κ2) is 3.73. The van der Waals surface area contributed by atoms with Gasteiger partial charge in [0.2, 0.25) is 5.91 Å². The van der Waals surface area contributed by atoms with Crippen LogP contribution >= 0.6 is 11.3 Å². The number of carbonyl (C=O) groups is 1. The summed E-state index contributed by atoms with van der Waals surface area (Å²) in [4.78, 5) is 16.1. The molecule has 0 spiro atoms. The van der Waals surface area contributed by atoms with E-state index in [2.05, 4.69) is 13.0 Å². The van der Waals surface area contributed by atoms with Crippen molar-refractivity contribution in [2.75, 3.05) is 6.54 Å². The molecule has 14 heavy (non-hydrogen) atoms. The number of aryl methyl sites for hydroxylation is 1. The lowest BCUT2D eigenvalue weighted by Crippen LogP contribution is -2.33. The van der Waals surface area contributed by atoms with Gasteiger partial charge in [-0.1, -0.05) is 6.92 Å². The SMILES string of the molecule is CCc1cc2c(s1)CCN(C(C)=O)C2. The molecule has 0 saturated heterocycles. The molecule has 0 unspecified atom stereocenters. The van der Waals surface area contributed by atoms with Crippen LogP contribution < -0.4 is 0 Å². The third-order valence-corrected chi connectivity index (χ3v) is 4.09. The first-order valence-corrected chi connectivity index (χ1v) is 5.88. The molecule has 0 aromatic carbocycles. The number of fused-ring (bicyclic) bond motifs is 1. The molecule has 0 atom stereocenters. The molecule has 3 heteroatoms. The minimum absolute atomic E-state index is 0.194. The molecule has 0 aliphatic carbocycles. The molecule has 0 fully saturated rings. The molecule has 1 amide bonds. The van der Waals surface area contributed by atoms with E-state index in [9.17, 15) is 4.79 Å². The van der Waals surface area contributed by atoms with Gasteiger partial charge >= 0.3 is 0 Å². The van der Waals surface area contributed by atoms with Crippen molar-refractivity contribution in [1.29, 1.82) is 0 Å². The maximum atomic E-state index is 11.2. The summed E-state index contributed by atoms with van der Waals surface area (Å²) in [6.07, 6.45) is 2.15. The summed E-state index contributed by atoms with van der Waals surface area (Å²) in [5.41, 5.74) is 1.37. The van der Waals surface area contributed by atoms with Gasteiger partial charge in [0.1, 0.15) is 0 Å². The summed E-state index contributed by atoms with van der Waals surface area (Å²) in [5, 5.41) is 0. The molecule has 1 aromatic rings. The standard InChI is InChI=1S/C11H15NOS/c1-3-10-6-9-7-12(8(2)13)5-4-11(9)14-10/h6H,3-5,7H2,1-2H3. The number of rotatable bonds is 1. The first-order valence-electron chi connectivity index (χ1n) is 5.06. The second-order valence-corrected chi connectivity index (χ2v) is 4.93. The van der Waals surface area contributed by atoms with Crippen LogP contribution in [0.5, 0.6) is 0 Å². The fourth-order valence-corrected chi connectivity index (χ4v) is 2.95. The van der Waals surface area contributed by atoms with Crippen LogP contribution in [0.1, 0.15) is 29.2 Å². The Kier molecular flexibility index (Phi) is 2.59. The Morgan fingerprint density at radius 2 is 2.43 bits per heavy atom. The van der Waals surface area contributed by atoms with E-state index in [1.165, 1.54) is 15.3 Å². The lowest BCUT2D eigenvalue weighted by Gasteiger charge is -2.25. The highest BCUT2D eigenvalue weighted by atomic mass is 32.1. The van der Waals surface area contributed by atoms with Crippen molar-refractivity contribution in [3.63, 3.8) is 0 Å². The van der Waals surface area contributed by atoms with Crippen molar-refractivity contribution < 1.29 is 4.79 Å². The summed E-state index contributed by atoms with van der Waals surface area (Å²) < 4.78 is 0.